The fraction of sp³-hybridized carbons (Fsp3) is 0.400. The fourth-order valence-electron chi connectivity index (χ4n) is 4.11. The first-order chi connectivity index (χ1) is 11.5. The number of rotatable bonds is 2. The van der Waals surface area contributed by atoms with Crippen molar-refractivity contribution in [1.29, 1.82) is 0 Å². The molecule has 4 nitrogen and oxygen atoms in total. The highest BCUT2D eigenvalue weighted by molar-refractivity contribution is 5.99. The summed E-state index contributed by atoms with van der Waals surface area (Å²) in [4.78, 5) is 19.6. The summed E-state index contributed by atoms with van der Waals surface area (Å²) in [7, 11) is 0. The van der Waals surface area contributed by atoms with E-state index in [9.17, 15) is 4.79 Å². The lowest BCUT2D eigenvalue weighted by Crippen LogP contribution is -2.39. The van der Waals surface area contributed by atoms with Gasteiger partial charge in [-0.15, -0.1) is 0 Å². The SMILES string of the molecule is Cc1cc2c(c(C(C)N)c1)CN(C1CCc3cccnc3C1)C2=O. The lowest BCUT2D eigenvalue weighted by molar-refractivity contribution is 0.0686. The number of nitrogens with zero attached hydrogens (tertiary/aromatic N) is 2. The van der Waals surface area contributed by atoms with Crippen molar-refractivity contribution in [3.63, 3.8) is 0 Å². The molecule has 24 heavy (non-hydrogen) atoms. The van der Waals surface area contributed by atoms with Crippen LogP contribution in [-0.4, -0.2) is 21.8 Å². The maximum atomic E-state index is 13.0. The third-order valence-electron chi connectivity index (χ3n) is 5.34. The van der Waals surface area contributed by atoms with Crippen LogP contribution >= 0.6 is 0 Å². The molecule has 2 N–H and O–H groups in total. The number of fused-ring (bicyclic) bond motifs is 2. The minimum absolute atomic E-state index is 0.0554. The van der Waals surface area contributed by atoms with E-state index in [0.29, 0.717) is 6.54 Å². The van der Waals surface area contributed by atoms with Crippen LogP contribution in [0.2, 0.25) is 0 Å². The van der Waals surface area contributed by atoms with Crippen molar-refractivity contribution in [2.24, 2.45) is 5.73 Å². The van der Waals surface area contributed by atoms with Gasteiger partial charge in [0, 0.05) is 42.5 Å². The molecule has 4 heteroatoms. The van der Waals surface area contributed by atoms with Gasteiger partial charge in [-0.2, -0.15) is 0 Å². The van der Waals surface area contributed by atoms with Crippen molar-refractivity contribution in [3.8, 4) is 0 Å². The van der Waals surface area contributed by atoms with Gasteiger partial charge in [-0.05, 0) is 61.1 Å². The van der Waals surface area contributed by atoms with Gasteiger partial charge in [0.05, 0.1) is 0 Å². The number of carbonyl (C=O) groups excluding carboxylic acids is 1. The quantitative estimate of drug-likeness (QED) is 0.925. The zero-order valence-corrected chi connectivity index (χ0v) is 14.2. The molecule has 0 bridgehead atoms. The molecule has 0 saturated heterocycles. The van der Waals surface area contributed by atoms with Crippen molar-refractivity contribution < 1.29 is 4.79 Å². The molecule has 1 aromatic heterocycles. The highest BCUT2D eigenvalue weighted by Gasteiger charge is 2.36. The average molecular weight is 321 g/mol. The third-order valence-corrected chi connectivity index (χ3v) is 5.34. The van der Waals surface area contributed by atoms with Gasteiger partial charge >= 0.3 is 0 Å². The van der Waals surface area contributed by atoms with Gasteiger partial charge in [0.1, 0.15) is 0 Å². The summed E-state index contributed by atoms with van der Waals surface area (Å²) >= 11 is 0. The Hall–Kier alpha value is -2.20. The lowest BCUT2D eigenvalue weighted by Gasteiger charge is -2.31. The zero-order chi connectivity index (χ0) is 16.8. The summed E-state index contributed by atoms with van der Waals surface area (Å²) < 4.78 is 0. The second-order valence-electron chi connectivity index (χ2n) is 7.11. The van der Waals surface area contributed by atoms with Gasteiger partial charge in [-0.3, -0.25) is 9.78 Å². The van der Waals surface area contributed by atoms with Gasteiger partial charge in [-0.1, -0.05) is 12.1 Å². The molecule has 124 valence electrons. The average Bonchev–Trinajstić information content (AvgIpc) is 2.90. The van der Waals surface area contributed by atoms with Gasteiger partial charge in [0.25, 0.3) is 5.91 Å². The van der Waals surface area contributed by atoms with Gasteiger partial charge in [0.15, 0.2) is 0 Å². The first kappa shape index (κ1) is 15.3. The lowest BCUT2D eigenvalue weighted by atomic mass is 9.91. The summed E-state index contributed by atoms with van der Waals surface area (Å²) in [6.07, 6.45) is 4.69. The Morgan fingerprint density at radius 1 is 1.38 bits per heavy atom. The maximum Gasteiger partial charge on any atom is 0.254 e. The van der Waals surface area contributed by atoms with E-state index in [1.165, 1.54) is 5.56 Å². The molecule has 0 radical (unpaired) electrons. The summed E-state index contributed by atoms with van der Waals surface area (Å²) in [5, 5.41) is 0. The Kier molecular flexibility index (Phi) is 3.65. The highest BCUT2D eigenvalue weighted by atomic mass is 16.2. The molecule has 2 aromatic rings. The number of amides is 1. The molecule has 1 aromatic carbocycles. The van der Waals surface area contributed by atoms with E-state index < -0.39 is 0 Å². The van der Waals surface area contributed by atoms with Crippen molar-refractivity contribution in [1.82, 2.24) is 9.88 Å². The predicted octanol–water partition coefficient (Wildman–Crippen LogP) is 2.92. The molecule has 2 heterocycles. The van der Waals surface area contributed by atoms with Crippen LogP contribution in [0.1, 0.15) is 57.7 Å². The standard InChI is InChI=1S/C20H23N3O/c1-12-8-16(13(2)21)18-11-23(20(24)17(18)9-12)15-6-5-14-4-3-7-22-19(14)10-15/h3-4,7-9,13,15H,5-6,10-11,21H2,1-2H3. The third kappa shape index (κ3) is 2.42. The molecule has 1 aliphatic heterocycles. The molecule has 2 unspecified atom stereocenters. The molecular formula is C20H23N3O. The largest absolute Gasteiger partial charge is 0.331 e. The van der Waals surface area contributed by atoms with Crippen molar-refractivity contribution in [3.05, 3.63) is 64.0 Å². The number of pyridine rings is 1. The first-order valence-corrected chi connectivity index (χ1v) is 8.67. The van der Waals surface area contributed by atoms with E-state index in [-0.39, 0.29) is 18.0 Å². The molecule has 1 amide bonds. The number of carbonyl (C=O) groups is 1. The van der Waals surface area contributed by atoms with Crippen molar-refractivity contribution >= 4 is 5.91 Å². The molecule has 4 rings (SSSR count). The minimum Gasteiger partial charge on any atom is -0.331 e. The van der Waals surface area contributed by atoms with Gasteiger partial charge in [0.2, 0.25) is 0 Å². The second kappa shape index (κ2) is 5.71. The Bertz CT molecular complexity index is 813. The van der Waals surface area contributed by atoms with E-state index in [1.807, 2.05) is 37.1 Å². The molecule has 1 aliphatic carbocycles. The predicted molar refractivity (Wildman–Crippen MR) is 93.7 cm³/mol. The smallest absolute Gasteiger partial charge is 0.254 e. The fourth-order valence-corrected chi connectivity index (χ4v) is 4.11. The number of hydrogen-bond donors (Lipinski definition) is 1. The number of aryl methyl sites for hydroxylation is 2. The molecule has 2 aliphatic rings. The van der Waals surface area contributed by atoms with Crippen LogP contribution in [0.3, 0.4) is 0 Å². The van der Waals surface area contributed by atoms with Crippen LogP contribution in [0.25, 0.3) is 0 Å². The zero-order valence-electron chi connectivity index (χ0n) is 14.2. The number of hydrogen-bond acceptors (Lipinski definition) is 3. The van der Waals surface area contributed by atoms with Crippen LogP contribution in [0, 0.1) is 6.92 Å². The highest BCUT2D eigenvalue weighted by Crippen LogP contribution is 2.34. The van der Waals surface area contributed by atoms with Crippen LogP contribution in [0.4, 0.5) is 0 Å². The van der Waals surface area contributed by atoms with Gasteiger partial charge in [-0.25, -0.2) is 0 Å². The molecule has 2 atom stereocenters. The van der Waals surface area contributed by atoms with E-state index in [1.54, 1.807) is 0 Å². The van der Waals surface area contributed by atoms with Crippen molar-refractivity contribution in [2.75, 3.05) is 0 Å². The number of nitrogens with two attached hydrogens (primary N) is 1. The summed E-state index contributed by atoms with van der Waals surface area (Å²) in [5.74, 6) is 0.153. The van der Waals surface area contributed by atoms with Crippen molar-refractivity contribution in [2.45, 2.75) is 51.7 Å². The van der Waals surface area contributed by atoms with Gasteiger partial charge < -0.3 is 10.6 Å². The first-order valence-electron chi connectivity index (χ1n) is 8.67. The molecule has 0 saturated carbocycles. The van der Waals surface area contributed by atoms with E-state index >= 15 is 0 Å². The van der Waals surface area contributed by atoms with E-state index in [0.717, 1.165) is 47.2 Å². The Morgan fingerprint density at radius 2 is 2.21 bits per heavy atom. The monoisotopic (exact) mass is 321 g/mol. The number of aromatic nitrogens is 1. The Labute approximate surface area is 142 Å². The van der Waals surface area contributed by atoms with Crippen LogP contribution in [0.15, 0.2) is 30.5 Å². The van der Waals surface area contributed by atoms with Crippen LogP contribution in [-0.2, 0) is 19.4 Å². The second-order valence-corrected chi connectivity index (χ2v) is 7.11. The van der Waals surface area contributed by atoms with E-state index in [4.69, 9.17) is 5.73 Å². The molecule has 0 fully saturated rings. The summed E-state index contributed by atoms with van der Waals surface area (Å²) in [5.41, 5.74) is 12.8. The maximum absolute atomic E-state index is 13.0. The topological polar surface area (TPSA) is 59.2 Å². The summed E-state index contributed by atoms with van der Waals surface area (Å²) in [6.45, 7) is 4.70. The van der Waals surface area contributed by atoms with E-state index in [2.05, 4.69) is 17.1 Å². The van der Waals surface area contributed by atoms with Crippen LogP contribution < -0.4 is 5.73 Å². The summed E-state index contributed by atoms with van der Waals surface area (Å²) in [6, 6.07) is 8.45. The normalized spacial score (nSPS) is 20.7. The minimum atomic E-state index is -0.0554. The Morgan fingerprint density at radius 3 is 3.00 bits per heavy atom. The molecule has 0 spiro atoms. The Balaban J connectivity index is 1.66. The molecular weight excluding hydrogens is 298 g/mol. The number of benzene rings is 1. The van der Waals surface area contributed by atoms with Crippen LogP contribution in [0.5, 0.6) is 0 Å².